The number of halogens is 1. The summed E-state index contributed by atoms with van der Waals surface area (Å²) >= 11 is 0. The van der Waals surface area contributed by atoms with E-state index in [2.05, 4.69) is 9.80 Å². The second-order valence-electron chi connectivity index (χ2n) is 14.7. The Kier molecular flexibility index (Phi) is 13.9. The number of anilines is 1. The normalized spacial score (nSPS) is 28.0. The topological polar surface area (TPSA) is 120 Å². The van der Waals surface area contributed by atoms with Gasteiger partial charge in [0.05, 0.1) is 18.8 Å². The number of carbonyl (C=O) groups excluding carboxylic acids is 2. The Labute approximate surface area is 298 Å². The van der Waals surface area contributed by atoms with Crippen LogP contribution >= 0.6 is 0 Å². The Morgan fingerprint density at radius 2 is 1.70 bits per heavy atom. The molecule has 0 aromatic heterocycles. The average Bonchev–Trinajstić information content (AvgIpc) is 3.03. The molecule has 0 bridgehead atoms. The van der Waals surface area contributed by atoms with Gasteiger partial charge >= 0.3 is 12.1 Å². The molecule has 50 heavy (non-hydrogen) atoms. The van der Waals surface area contributed by atoms with Crippen LogP contribution in [-0.2, 0) is 24.3 Å². The zero-order chi connectivity index (χ0) is 36.7. The molecule has 3 aliphatic rings. The van der Waals surface area contributed by atoms with Crippen molar-refractivity contribution in [2.45, 2.75) is 97.1 Å². The minimum Gasteiger partial charge on any atom is -0.457 e. The second-order valence-corrected chi connectivity index (χ2v) is 16.7. The van der Waals surface area contributed by atoms with Gasteiger partial charge in [-0.2, -0.15) is 0 Å². The van der Waals surface area contributed by atoms with E-state index in [1.165, 1.54) is 22.7 Å². The number of sulfonamides is 1. The van der Waals surface area contributed by atoms with Crippen LogP contribution in [0.3, 0.4) is 0 Å². The molecule has 2 saturated heterocycles. The van der Waals surface area contributed by atoms with Gasteiger partial charge in [-0.25, -0.2) is 21.9 Å². The zero-order valence-electron chi connectivity index (χ0n) is 30.8. The predicted molar refractivity (Wildman–Crippen MR) is 194 cm³/mol. The molecule has 0 saturated carbocycles. The van der Waals surface area contributed by atoms with Crippen LogP contribution in [0.2, 0.25) is 0 Å². The van der Waals surface area contributed by atoms with E-state index in [0.717, 1.165) is 13.1 Å². The van der Waals surface area contributed by atoms with Gasteiger partial charge in [-0.15, -0.1) is 0 Å². The SMILES string of the molecule is C/C(=C\c1cc(F)cc(N(C(C)C)C2CCN(S(C)(=O)=O)CC2)c1)[C@H]1OC(=O)C[C@@H](O)CC[C@@H](C)[C@@H](OC(=O)N2CCN(C)CC2)/C=C/[C@@H]1C. The number of aliphatic hydroxyl groups is 1. The minimum atomic E-state index is -3.27. The van der Waals surface area contributed by atoms with Crippen LogP contribution in [0, 0.1) is 17.7 Å². The molecule has 3 aliphatic heterocycles. The number of carbonyl (C=O) groups is 2. The Hall–Kier alpha value is -3.00. The number of benzene rings is 1. The highest BCUT2D eigenvalue weighted by atomic mass is 32.2. The molecule has 0 unspecified atom stereocenters. The molecule has 4 rings (SSSR count). The number of aliphatic hydroxyl groups excluding tert-OH is 1. The Morgan fingerprint density at radius 1 is 1.04 bits per heavy atom. The van der Waals surface area contributed by atoms with Crippen LogP contribution in [0.4, 0.5) is 14.9 Å². The quantitative estimate of drug-likeness (QED) is 0.310. The third-order valence-electron chi connectivity index (χ3n) is 10.1. The molecule has 0 radical (unpaired) electrons. The fraction of sp³-hybridized carbons (Fsp3) is 0.676. The number of piperidine rings is 1. The number of likely N-dealkylation sites (N-methyl/N-ethyl adjacent to an activating group) is 1. The summed E-state index contributed by atoms with van der Waals surface area (Å²) in [6.45, 7) is 13.4. The number of rotatable bonds is 7. The van der Waals surface area contributed by atoms with Crippen molar-refractivity contribution in [3.8, 4) is 0 Å². The molecule has 3 heterocycles. The van der Waals surface area contributed by atoms with Gasteiger partial charge in [-0.05, 0) is 94.8 Å². The first-order valence-electron chi connectivity index (χ1n) is 17.9. The summed E-state index contributed by atoms with van der Waals surface area (Å²) in [4.78, 5) is 32.2. The molecular formula is C37H57FN4O7S. The molecule has 0 spiro atoms. The summed E-state index contributed by atoms with van der Waals surface area (Å²) in [5, 5.41) is 10.7. The van der Waals surface area contributed by atoms with Crippen molar-refractivity contribution in [3.63, 3.8) is 0 Å². The fourth-order valence-electron chi connectivity index (χ4n) is 7.19. The molecule has 1 aromatic rings. The number of ether oxygens (including phenoxy) is 2. The maximum atomic E-state index is 15.2. The number of amides is 1. The number of esters is 1. The Bertz CT molecular complexity index is 1490. The number of hydrogen-bond acceptors (Lipinski definition) is 9. The standard InChI is InChI=1S/C37H57FN4O7S/c1-25(2)42(31-12-14-41(15-13-31)50(7,46)47)32-22-29(21-30(38)23-32)20-28(5)36-27(4)9-11-34(26(3)8-10-33(43)24-35(44)49-36)48-37(45)40-18-16-39(6)17-19-40/h9,11,20-23,25-27,31,33-34,36,43H,8,10,12-19,24H2,1-7H3/b11-9+,28-20+/t26-,27+,33+,34+,36+/m1/s1. The summed E-state index contributed by atoms with van der Waals surface area (Å²) in [5.41, 5.74) is 1.99. The molecule has 280 valence electrons. The maximum absolute atomic E-state index is 15.2. The zero-order valence-corrected chi connectivity index (χ0v) is 31.6. The van der Waals surface area contributed by atoms with Gasteiger partial charge in [0, 0.05) is 63.0 Å². The van der Waals surface area contributed by atoms with Crippen LogP contribution in [0.5, 0.6) is 0 Å². The molecule has 11 nitrogen and oxygen atoms in total. The van der Waals surface area contributed by atoms with Gasteiger partial charge in [-0.1, -0.05) is 26.0 Å². The largest absolute Gasteiger partial charge is 0.457 e. The van der Waals surface area contributed by atoms with Gasteiger partial charge in [0.15, 0.2) is 0 Å². The Balaban J connectivity index is 1.58. The molecule has 13 heteroatoms. The summed E-state index contributed by atoms with van der Waals surface area (Å²) < 4.78 is 52.9. The number of hydrogen-bond donors (Lipinski definition) is 1. The van der Waals surface area contributed by atoms with E-state index in [4.69, 9.17) is 9.47 Å². The highest BCUT2D eigenvalue weighted by Gasteiger charge is 2.32. The summed E-state index contributed by atoms with van der Waals surface area (Å²) in [7, 11) is -1.25. The van der Waals surface area contributed by atoms with E-state index < -0.39 is 40.1 Å². The van der Waals surface area contributed by atoms with Crippen molar-refractivity contribution in [2.75, 3.05) is 57.5 Å². The van der Waals surface area contributed by atoms with Crippen LogP contribution in [0.25, 0.3) is 6.08 Å². The number of cyclic esters (lactones) is 1. The van der Waals surface area contributed by atoms with E-state index in [-0.39, 0.29) is 36.4 Å². The van der Waals surface area contributed by atoms with E-state index in [1.807, 2.05) is 66.0 Å². The minimum absolute atomic E-state index is 0.0362. The summed E-state index contributed by atoms with van der Waals surface area (Å²) in [6, 6.07) is 4.93. The second kappa shape index (κ2) is 17.5. The van der Waals surface area contributed by atoms with Crippen LogP contribution in [-0.4, -0.2) is 123 Å². The highest BCUT2D eigenvalue weighted by Crippen LogP contribution is 2.31. The average molecular weight is 721 g/mol. The van der Waals surface area contributed by atoms with E-state index in [9.17, 15) is 23.1 Å². The Morgan fingerprint density at radius 3 is 2.32 bits per heavy atom. The van der Waals surface area contributed by atoms with Crippen LogP contribution < -0.4 is 4.90 Å². The van der Waals surface area contributed by atoms with E-state index >= 15 is 4.39 Å². The fourth-order valence-corrected chi connectivity index (χ4v) is 8.06. The van der Waals surface area contributed by atoms with E-state index in [1.54, 1.807) is 4.90 Å². The van der Waals surface area contributed by atoms with Gasteiger partial charge < -0.3 is 29.3 Å². The van der Waals surface area contributed by atoms with Crippen molar-refractivity contribution in [2.24, 2.45) is 11.8 Å². The lowest BCUT2D eigenvalue weighted by atomic mass is 9.91. The predicted octanol–water partition coefficient (Wildman–Crippen LogP) is 4.91. The molecule has 5 atom stereocenters. The molecule has 1 amide bonds. The third kappa shape index (κ3) is 11.0. The van der Waals surface area contributed by atoms with E-state index in [0.29, 0.717) is 68.7 Å². The number of piperazine rings is 1. The number of nitrogens with zero attached hydrogens (tertiary/aromatic N) is 4. The molecular weight excluding hydrogens is 663 g/mol. The summed E-state index contributed by atoms with van der Waals surface area (Å²) in [5.74, 6) is -1.35. The van der Waals surface area contributed by atoms with Crippen LogP contribution in [0.1, 0.15) is 72.3 Å². The van der Waals surface area contributed by atoms with Gasteiger partial charge in [0.2, 0.25) is 10.0 Å². The van der Waals surface area contributed by atoms with Crippen molar-refractivity contribution in [1.29, 1.82) is 0 Å². The first kappa shape index (κ1) is 39.8. The smallest absolute Gasteiger partial charge is 0.410 e. The van der Waals surface area contributed by atoms with Gasteiger partial charge in [0.1, 0.15) is 18.0 Å². The van der Waals surface area contributed by atoms with Crippen LogP contribution in [0.15, 0.2) is 35.9 Å². The monoisotopic (exact) mass is 720 g/mol. The third-order valence-corrected chi connectivity index (χ3v) is 11.4. The van der Waals surface area contributed by atoms with Gasteiger partial charge in [-0.3, -0.25) is 4.79 Å². The maximum Gasteiger partial charge on any atom is 0.410 e. The highest BCUT2D eigenvalue weighted by molar-refractivity contribution is 7.88. The first-order chi connectivity index (χ1) is 23.5. The molecule has 1 aromatic carbocycles. The van der Waals surface area contributed by atoms with Crippen molar-refractivity contribution in [1.82, 2.24) is 14.1 Å². The van der Waals surface area contributed by atoms with Crippen molar-refractivity contribution in [3.05, 3.63) is 47.3 Å². The molecule has 2 fully saturated rings. The van der Waals surface area contributed by atoms with Crippen molar-refractivity contribution < 1.29 is 37.0 Å². The lowest BCUT2D eigenvalue weighted by molar-refractivity contribution is -0.151. The van der Waals surface area contributed by atoms with Gasteiger partial charge in [0.25, 0.3) is 0 Å². The first-order valence-corrected chi connectivity index (χ1v) is 19.8. The molecule has 0 aliphatic carbocycles. The lowest BCUT2D eigenvalue weighted by Crippen LogP contribution is -2.49. The van der Waals surface area contributed by atoms with Crippen molar-refractivity contribution >= 4 is 33.8 Å². The molecule has 1 N–H and O–H groups in total. The lowest BCUT2D eigenvalue weighted by Gasteiger charge is -2.41. The summed E-state index contributed by atoms with van der Waals surface area (Å²) in [6.07, 6.45) is 6.30.